The number of hydrogen-bond donors (Lipinski definition) is 1. The van der Waals surface area contributed by atoms with Crippen molar-refractivity contribution in [1.82, 2.24) is 14.8 Å². The van der Waals surface area contributed by atoms with Crippen LogP contribution >= 0.6 is 0 Å². The van der Waals surface area contributed by atoms with Gasteiger partial charge in [-0.15, -0.1) is 0 Å². The number of halogens is 1. The summed E-state index contributed by atoms with van der Waals surface area (Å²) in [5.74, 6) is -0.491. The fourth-order valence-electron chi connectivity index (χ4n) is 3.80. The van der Waals surface area contributed by atoms with Gasteiger partial charge in [0, 0.05) is 28.2 Å². The second-order valence-electron chi connectivity index (χ2n) is 7.47. The number of fused-ring (bicyclic) bond motifs is 3. The van der Waals surface area contributed by atoms with Crippen molar-refractivity contribution in [2.75, 3.05) is 5.32 Å². The molecule has 5 rings (SSSR count). The van der Waals surface area contributed by atoms with Gasteiger partial charge in [-0.05, 0) is 55.0 Å². The smallest absolute Gasteiger partial charge is 0.246 e. The van der Waals surface area contributed by atoms with Crippen LogP contribution in [0.5, 0.6) is 0 Å². The van der Waals surface area contributed by atoms with Crippen molar-refractivity contribution in [2.24, 2.45) is 0 Å². The summed E-state index contributed by atoms with van der Waals surface area (Å²) in [7, 11) is 0. The van der Waals surface area contributed by atoms with Crippen LogP contribution in [-0.2, 0) is 11.3 Å². The van der Waals surface area contributed by atoms with Crippen LogP contribution in [-0.4, -0.2) is 20.7 Å². The Balaban J connectivity index is 1.61. The average molecular weight is 410 g/mol. The quantitative estimate of drug-likeness (QED) is 0.435. The molecule has 5 nitrogen and oxygen atoms in total. The van der Waals surface area contributed by atoms with Crippen molar-refractivity contribution >= 4 is 33.4 Å². The van der Waals surface area contributed by atoms with Gasteiger partial charge in [-0.3, -0.25) is 14.5 Å². The molecule has 3 aromatic carbocycles. The number of nitrogens with zero attached hydrogens (tertiary/aromatic N) is 3. The van der Waals surface area contributed by atoms with Gasteiger partial charge in [0.25, 0.3) is 0 Å². The lowest BCUT2D eigenvalue weighted by Crippen LogP contribution is -2.19. The average Bonchev–Trinajstić information content (AvgIpc) is 3.13. The normalized spacial score (nSPS) is 11.2. The number of aryl methyl sites for hydroxylation is 1. The van der Waals surface area contributed by atoms with Crippen molar-refractivity contribution in [1.29, 1.82) is 0 Å². The number of hydrogen-bond acceptors (Lipinski definition) is 3. The Morgan fingerprint density at radius 1 is 1.00 bits per heavy atom. The van der Waals surface area contributed by atoms with Crippen LogP contribution in [0.4, 0.5) is 10.1 Å². The number of carbonyl (C=O) groups is 1. The molecule has 2 heterocycles. The molecule has 31 heavy (non-hydrogen) atoms. The number of carbonyl (C=O) groups excluding carboxylic acids is 1. The molecule has 0 atom stereocenters. The highest BCUT2D eigenvalue weighted by Crippen LogP contribution is 2.32. The molecule has 0 aliphatic carbocycles. The van der Waals surface area contributed by atoms with E-state index >= 15 is 0 Å². The van der Waals surface area contributed by atoms with Crippen LogP contribution < -0.4 is 5.32 Å². The van der Waals surface area contributed by atoms with Gasteiger partial charge in [-0.25, -0.2) is 4.39 Å². The Morgan fingerprint density at radius 2 is 1.81 bits per heavy atom. The molecule has 152 valence electrons. The first kappa shape index (κ1) is 18.9. The van der Waals surface area contributed by atoms with Gasteiger partial charge >= 0.3 is 0 Å². The predicted octanol–water partition coefficient (Wildman–Crippen LogP) is 5.34. The van der Waals surface area contributed by atoms with E-state index in [0.717, 1.165) is 38.6 Å². The van der Waals surface area contributed by atoms with Crippen molar-refractivity contribution in [3.8, 4) is 11.3 Å². The second-order valence-corrected chi connectivity index (χ2v) is 7.47. The van der Waals surface area contributed by atoms with Gasteiger partial charge in [0.05, 0.1) is 11.0 Å². The lowest BCUT2D eigenvalue weighted by atomic mass is 10.1. The number of amides is 1. The molecular weight excluding hydrogens is 391 g/mol. The molecule has 1 N–H and O–H groups in total. The number of anilines is 1. The second kappa shape index (κ2) is 7.65. The van der Waals surface area contributed by atoms with Gasteiger partial charge in [0.2, 0.25) is 5.91 Å². The van der Waals surface area contributed by atoms with E-state index in [9.17, 15) is 9.18 Å². The van der Waals surface area contributed by atoms with Crippen molar-refractivity contribution in [3.05, 3.63) is 90.4 Å². The zero-order chi connectivity index (χ0) is 21.4. The third-order valence-electron chi connectivity index (χ3n) is 5.19. The van der Waals surface area contributed by atoms with Crippen molar-refractivity contribution in [2.45, 2.75) is 13.5 Å². The van der Waals surface area contributed by atoms with Gasteiger partial charge < -0.3 is 5.32 Å². The third kappa shape index (κ3) is 3.64. The van der Waals surface area contributed by atoms with E-state index in [2.05, 4.69) is 10.3 Å². The van der Waals surface area contributed by atoms with Crippen LogP contribution in [0.3, 0.4) is 0 Å². The van der Waals surface area contributed by atoms with Gasteiger partial charge in [0.15, 0.2) is 0 Å². The molecule has 1 amide bonds. The van der Waals surface area contributed by atoms with E-state index in [4.69, 9.17) is 5.10 Å². The summed E-state index contributed by atoms with van der Waals surface area (Å²) in [4.78, 5) is 17.4. The first-order valence-electron chi connectivity index (χ1n) is 9.95. The Kier molecular flexibility index (Phi) is 4.67. The largest absolute Gasteiger partial charge is 0.324 e. The Labute approximate surface area is 178 Å². The summed E-state index contributed by atoms with van der Waals surface area (Å²) in [6.45, 7) is 2.02. The van der Waals surface area contributed by atoms with Crippen LogP contribution in [0.15, 0.2) is 79.0 Å². The predicted molar refractivity (Wildman–Crippen MR) is 120 cm³/mol. The van der Waals surface area contributed by atoms with E-state index in [-0.39, 0.29) is 18.3 Å². The minimum absolute atomic E-state index is 0.0413. The highest BCUT2D eigenvalue weighted by atomic mass is 19.1. The first-order valence-corrected chi connectivity index (χ1v) is 9.95. The number of aromatic nitrogens is 3. The topological polar surface area (TPSA) is 59.8 Å². The standard InChI is InChI=1S/C25H19FN4O/c1-16-5-4-6-19(13-16)28-23(31)15-30-25-20-7-2-3-8-22(20)27-14-21(25)24(29-30)17-9-11-18(26)12-10-17/h2-14H,15H2,1H3,(H,28,31). The van der Waals surface area contributed by atoms with E-state index in [1.807, 2.05) is 55.5 Å². The molecule has 5 aromatic rings. The summed E-state index contributed by atoms with van der Waals surface area (Å²) in [6, 6.07) is 21.6. The number of nitrogens with one attached hydrogen (secondary N) is 1. The molecule has 0 aliphatic heterocycles. The maximum Gasteiger partial charge on any atom is 0.246 e. The molecule has 0 saturated carbocycles. The van der Waals surface area contributed by atoms with Crippen LogP contribution in [0, 0.1) is 12.7 Å². The monoisotopic (exact) mass is 410 g/mol. The molecule has 0 bridgehead atoms. The minimum atomic E-state index is -0.311. The molecule has 0 spiro atoms. The van der Waals surface area contributed by atoms with E-state index in [0.29, 0.717) is 5.69 Å². The number of pyridine rings is 1. The first-order chi connectivity index (χ1) is 15.1. The van der Waals surface area contributed by atoms with E-state index in [1.54, 1.807) is 23.0 Å². The Morgan fingerprint density at radius 3 is 2.61 bits per heavy atom. The molecule has 0 radical (unpaired) electrons. The van der Waals surface area contributed by atoms with Crippen molar-refractivity contribution < 1.29 is 9.18 Å². The summed E-state index contributed by atoms with van der Waals surface area (Å²) in [5, 5.41) is 9.39. The van der Waals surface area contributed by atoms with E-state index in [1.165, 1.54) is 12.1 Å². The highest BCUT2D eigenvalue weighted by molar-refractivity contribution is 6.08. The maximum absolute atomic E-state index is 13.4. The lowest BCUT2D eigenvalue weighted by molar-refractivity contribution is -0.116. The number of rotatable bonds is 4. The molecule has 6 heteroatoms. The SMILES string of the molecule is Cc1cccc(NC(=O)Cn2nc(-c3ccc(F)cc3)c3cnc4ccccc4c32)c1. The van der Waals surface area contributed by atoms with Crippen molar-refractivity contribution in [3.63, 3.8) is 0 Å². The minimum Gasteiger partial charge on any atom is -0.324 e. The zero-order valence-corrected chi connectivity index (χ0v) is 16.8. The van der Waals surface area contributed by atoms with Gasteiger partial charge in [-0.1, -0.05) is 30.3 Å². The fraction of sp³-hybridized carbons (Fsp3) is 0.0800. The maximum atomic E-state index is 13.4. The highest BCUT2D eigenvalue weighted by Gasteiger charge is 2.17. The Hall–Kier alpha value is -4.06. The summed E-state index contributed by atoms with van der Waals surface area (Å²) >= 11 is 0. The molecular formula is C25H19FN4O. The fourth-order valence-corrected chi connectivity index (χ4v) is 3.80. The molecule has 0 unspecified atom stereocenters. The van der Waals surface area contributed by atoms with E-state index < -0.39 is 0 Å². The number of benzene rings is 3. The zero-order valence-electron chi connectivity index (χ0n) is 16.8. The van der Waals surface area contributed by atoms with Crippen LogP contribution in [0.25, 0.3) is 33.1 Å². The summed E-state index contributed by atoms with van der Waals surface area (Å²) in [5.41, 5.74) is 4.88. The summed E-state index contributed by atoms with van der Waals surface area (Å²) in [6.07, 6.45) is 1.76. The number of para-hydroxylation sites is 1. The Bertz CT molecular complexity index is 1420. The third-order valence-corrected chi connectivity index (χ3v) is 5.19. The van der Waals surface area contributed by atoms with Crippen LogP contribution in [0.2, 0.25) is 0 Å². The van der Waals surface area contributed by atoms with Gasteiger partial charge in [-0.2, -0.15) is 5.10 Å². The molecule has 0 fully saturated rings. The van der Waals surface area contributed by atoms with Gasteiger partial charge in [0.1, 0.15) is 18.1 Å². The lowest BCUT2D eigenvalue weighted by Gasteiger charge is -2.08. The molecule has 0 aliphatic rings. The summed E-state index contributed by atoms with van der Waals surface area (Å²) < 4.78 is 15.1. The van der Waals surface area contributed by atoms with Crippen LogP contribution in [0.1, 0.15) is 5.56 Å². The molecule has 0 saturated heterocycles. The molecule has 2 aromatic heterocycles.